The minimum atomic E-state index is -0.723. The van der Waals surface area contributed by atoms with E-state index in [1.807, 2.05) is 13.8 Å². The summed E-state index contributed by atoms with van der Waals surface area (Å²) in [6.45, 7) is 3.62. The molecular formula is C12H22N2O3. The highest BCUT2D eigenvalue weighted by Crippen LogP contribution is 2.24. The number of rotatable bonds is 4. The van der Waals surface area contributed by atoms with E-state index in [1.165, 1.54) is 0 Å². The molecule has 1 saturated carbocycles. The molecule has 1 amide bonds. The third kappa shape index (κ3) is 4.00. The Kier molecular flexibility index (Phi) is 4.93. The second-order valence-corrected chi connectivity index (χ2v) is 5.04. The van der Waals surface area contributed by atoms with Gasteiger partial charge in [0, 0.05) is 18.0 Å². The van der Waals surface area contributed by atoms with Gasteiger partial charge >= 0.3 is 5.97 Å². The summed E-state index contributed by atoms with van der Waals surface area (Å²) >= 11 is 0. The largest absolute Gasteiger partial charge is 0.481 e. The Hall–Kier alpha value is -1.10. The average Bonchev–Trinajstić information content (AvgIpc) is 2.28. The van der Waals surface area contributed by atoms with Crippen LogP contribution in [0.3, 0.4) is 0 Å². The van der Waals surface area contributed by atoms with Crippen molar-refractivity contribution in [3.05, 3.63) is 0 Å². The van der Waals surface area contributed by atoms with Gasteiger partial charge in [-0.25, -0.2) is 0 Å². The lowest BCUT2D eigenvalue weighted by Gasteiger charge is -2.28. The second kappa shape index (κ2) is 6.00. The van der Waals surface area contributed by atoms with E-state index >= 15 is 0 Å². The van der Waals surface area contributed by atoms with E-state index in [2.05, 4.69) is 5.32 Å². The maximum absolute atomic E-state index is 11.8. The fourth-order valence-electron chi connectivity index (χ4n) is 2.06. The van der Waals surface area contributed by atoms with Crippen LogP contribution >= 0.6 is 0 Å². The summed E-state index contributed by atoms with van der Waals surface area (Å²) in [5.41, 5.74) is 5.67. The molecule has 5 heteroatoms. The highest BCUT2D eigenvalue weighted by atomic mass is 16.4. The summed E-state index contributed by atoms with van der Waals surface area (Å²) < 4.78 is 0. The zero-order chi connectivity index (χ0) is 13.0. The average molecular weight is 242 g/mol. The summed E-state index contributed by atoms with van der Waals surface area (Å²) in [5, 5.41) is 11.8. The zero-order valence-electron chi connectivity index (χ0n) is 10.5. The van der Waals surface area contributed by atoms with E-state index in [-0.39, 0.29) is 29.8 Å². The summed E-state index contributed by atoms with van der Waals surface area (Å²) in [6, 6.07) is -0.0512. The van der Waals surface area contributed by atoms with Gasteiger partial charge in [-0.3, -0.25) is 9.59 Å². The first-order valence-corrected chi connectivity index (χ1v) is 6.20. The first-order valence-electron chi connectivity index (χ1n) is 6.20. The Morgan fingerprint density at radius 2 is 1.76 bits per heavy atom. The Bertz CT molecular complexity index is 283. The molecule has 0 aromatic carbocycles. The lowest BCUT2D eigenvalue weighted by molar-refractivity contribution is -0.142. The topological polar surface area (TPSA) is 92.4 Å². The molecule has 4 N–H and O–H groups in total. The van der Waals surface area contributed by atoms with Crippen LogP contribution in [0.4, 0.5) is 0 Å². The Balaban J connectivity index is 2.35. The normalized spacial score (nSPS) is 28.2. The van der Waals surface area contributed by atoms with Crippen molar-refractivity contribution in [3.8, 4) is 0 Å². The molecule has 1 aliphatic carbocycles. The molecule has 98 valence electrons. The molecule has 0 aromatic heterocycles. The number of carboxylic acid groups (broad SMARTS) is 1. The van der Waals surface area contributed by atoms with Crippen molar-refractivity contribution in [2.75, 3.05) is 0 Å². The van der Waals surface area contributed by atoms with Crippen molar-refractivity contribution in [3.63, 3.8) is 0 Å². The fourth-order valence-corrected chi connectivity index (χ4v) is 2.06. The van der Waals surface area contributed by atoms with Crippen LogP contribution in [0.15, 0.2) is 0 Å². The first kappa shape index (κ1) is 14.0. The third-order valence-electron chi connectivity index (χ3n) is 3.63. The van der Waals surface area contributed by atoms with Crippen molar-refractivity contribution in [2.45, 2.75) is 51.6 Å². The van der Waals surface area contributed by atoms with Crippen LogP contribution in [0.5, 0.6) is 0 Å². The van der Waals surface area contributed by atoms with Gasteiger partial charge in [-0.15, -0.1) is 0 Å². The molecule has 1 fully saturated rings. The van der Waals surface area contributed by atoms with Crippen LogP contribution in [0.1, 0.15) is 39.5 Å². The molecule has 0 radical (unpaired) electrons. The summed E-state index contributed by atoms with van der Waals surface area (Å²) in [5.74, 6) is -1.20. The van der Waals surface area contributed by atoms with E-state index in [0.717, 1.165) is 12.8 Å². The van der Waals surface area contributed by atoms with Gasteiger partial charge < -0.3 is 16.2 Å². The maximum Gasteiger partial charge on any atom is 0.306 e. The Morgan fingerprint density at radius 3 is 2.18 bits per heavy atom. The van der Waals surface area contributed by atoms with Crippen LogP contribution in [-0.2, 0) is 9.59 Å². The number of carboxylic acids is 1. The van der Waals surface area contributed by atoms with Crippen molar-refractivity contribution in [2.24, 2.45) is 17.6 Å². The number of nitrogens with two attached hydrogens (primary N) is 1. The van der Waals surface area contributed by atoms with Crippen LogP contribution < -0.4 is 11.1 Å². The van der Waals surface area contributed by atoms with E-state index in [4.69, 9.17) is 10.8 Å². The van der Waals surface area contributed by atoms with Crippen LogP contribution in [0, 0.1) is 11.8 Å². The molecule has 0 saturated heterocycles. The molecule has 2 atom stereocenters. The van der Waals surface area contributed by atoms with Gasteiger partial charge in [0.2, 0.25) is 5.91 Å². The van der Waals surface area contributed by atoms with Crippen molar-refractivity contribution >= 4 is 11.9 Å². The highest BCUT2D eigenvalue weighted by molar-refractivity contribution is 5.79. The van der Waals surface area contributed by atoms with E-state index in [9.17, 15) is 9.59 Å². The molecule has 17 heavy (non-hydrogen) atoms. The molecule has 0 spiro atoms. The van der Waals surface area contributed by atoms with Gasteiger partial charge in [0.15, 0.2) is 0 Å². The fraction of sp³-hybridized carbons (Fsp3) is 0.833. The number of carbonyl (C=O) groups is 2. The van der Waals surface area contributed by atoms with Gasteiger partial charge in [-0.1, -0.05) is 6.92 Å². The first-order chi connectivity index (χ1) is 7.91. The standard InChI is InChI=1S/C12H22N2O3/c1-7(8(2)13)11(15)14-10-5-3-9(4-6-10)12(16)17/h7-10H,3-6,13H2,1-2H3,(H,14,15)(H,16,17). The second-order valence-electron chi connectivity index (χ2n) is 5.04. The van der Waals surface area contributed by atoms with Crippen LogP contribution in [0.25, 0.3) is 0 Å². The van der Waals surface area contributed by atoms with Crippen LogP contribution in [0.2, 0.25) is 0 Å². The quantitative estimate of drug-likeness (QED) is 0.677. The summed E-state index contributed by atoms with van der Waals surface area (Å²) in [7, 11) is 0. The SMILES string of the molecule is CC(N)C(C)C(=O)NC1CCC(C(=O)O)CC1. The van der Waals surface area contributed by atoms with E-state index in [1.54, 1.807) is 0 Å². The van der Waals surface area contributed by atoms with Gasteiger partial charge in [0.25, 0.3) is 0 Å². The van der Waals surface area contributed by atoms with Gasteiger partial charge in [-0.2, -0.15) is 0 Å². The number of carbonyl (C=O) groups excluding carboxylic acids is 1. The van der Waals surface area contributed by atoms with Crippen molar-refractivity contribution in [1.82, 2.24) is 5.32 Å². The molecule has 0 aliphatic heterocycles. The molecular weight excluding hydrogens is 220 g/mol. The predicted octanol–water partition coefficient (Wildman–Crippen LogP) is 0.729. The number of amides is 1. The maximum atomic E-state index is 11.8. The minimum Gasteiger partial charge on any atom is -0.481 e. The lowest BCUT2D eigenvalue weighted by atomic mass is 9.86. The minimum absolute atomic E-state index is 0.0289. The molecule has 0 bridgehead atoms. The van der Waals surface area contributed by atoms with E-state index in [0.29, 0.717) is 12.8 Å². The van der Waals surface area contributed by atoms with Gasteiger partial charge in [-0.05, 0) is 32.6 Å². The molecule has 1 aliphatic rings. The van der Waals surface area contributed by atoms with Crippen molar-refractivity contribution < 1.29 is 14.7 Å². The Morgan fingerprint density at radius 1 is 1.24 bits per heavy atom. The lowest BCUT2D eigenvalue weighted by Crippen LogP contribution is -2.45. The zero-order valence-corrected chi connectivity index (χ0v) is 10.5. The number of hydrogen-bond acceptors (Lipinski definition) is 3. The monoisotopic (exact) mass is 242 g/mol. The number of aliphatic carboxylic acids is 1. The molecule has 2 unspecified atom stereocenters. The van der Waals surface area contributed by atoms with Crippen molar-refractivity contribution in [1.29, 1.82) is 0 Å². The summed E-state index contributed by atoms with van der Waals surface area (Å²) in [6.07, 6.45) is 2.78. The Labute approximate surface area is 102 Å². The van der Waals surface area contributed by atoms with Crippen LogP contribution in [-0.4, -0.2) is 29.1 Å². The number of nitrogens with one attached hydrogen (secondary N) is 1. The molecule has 1 rings (SSSR count). The van der Waals surface area contributed by atoms with E-state index < -0.39 is 5.97 Å². The van der Waals surface area contributed by atoms with Gasteiger partial charge in [0.05, 0.1) is 5.92 Å². The highest BCUT2D eigenvalue weighted by Gasteiger charge is 2.28. The predicted molar refractivity (Wildman–Crippen MR) is 64.3 cm³/mol. The van der Waals surface area contributed by atoms with Gasteiger partial charge in [0.1, 0.15) is 0 Å². The molecule has 0 aromatic rings. The molecule has 5 nitrogen and oxygen atoms in total. The smallest absolute Gasteiger partial charge is 0.306 e. The third-order valence-corrected chi connectivity index (χ3v) is 3.63. The summed E-state index contributed by atoms with van der Waals surface area (Å²) in [4.78, 5) is 22.5. The molecule has 0 heterocycles. The number of hydrogen-bond donors (Lipinski definition) is 3.